The zero-order valence-electron chi connectivity index (χ0n) is 23.5. The molecule has 2 N–H and O–H groups in total. The molecule has 0 aliphatic heterocycles. The molecule has 0 aliphatic rings. The summed E-state index contributed by atoms with van der Waals surface area (Å²) in [6.45, 7) is 0. The van der Waals surface area contributed by atoms with E-state index in [0.29, 0.717) is 33.4 Å². The molecule has 0 saturated heterocycles. The zero-order valence-corrected chi connectivity index (χ0v) is 24.2. The number of hydrogen-bond acceptors (Lipinski definition) is 6. The van der Waals surface area contributed by atoms with Crippen molar-refractivity contribution in [2.45, 2.75) is 0 Å². The number of nitrogens with zero attached hydrogens (tertiary/aromatic N) is 1. The van der Waals surface area contributed by atoms with Gasteiger partial charge in [-0.15, -0.1) is 0 Å². The second kappa shape index (κ2) is 13.9. The molecular formula is C35H24ClN3O6. The normalized spacial score (nSPS) is 11.0. The predicted octanol–water partition coefficient (Wildman–Crippen LogP) is 8.04. The zero-order chi connectivity index (χ0) is 31.8. The van der Waals surface area contributed by atoms with Crippen molar-refractivity contribution in [2.24, 2.45) is 0 Å². The number of nitro benzene ring substituents is 1. The second-order valence-corrected chi connectivity index (χ2v) is 10.1. The molecule has 10 heteroatoms. The Morgan fingerprint density at radius 2 is 1.44 bits per heavy atom. The average molecular weight is 618 g/mol. The molecule has 45 heavy (non-hydrogen) atoms. The standard InChI is InChI=1S/C35H24ClN3O6/c36-26-11-6-23(7-12-26)8-20-34(41)38-31-18-13-27(22-30(31)35(42)25-4-2-1-3-5-25)37-33(40)21-17-29-16-19-32(45-29)24-9-14-28(15-10-24)39(43)44/h1-22H,(H,37,40)(H,38,41)/b20-8+,21-17+. The van der Waals surface area contributed by atoms with Crippen molar-refractivity contribution < 1.29 is 23.7 Å². The van der Waals surface area contributed by atoms with Crippen LogP contribution in [-0.2, 0) is 9.59 Å². The molecule has 2 amide bonds. The molecule has 9 nitrogen and oxygen atoms in total. The topological polar surface area (TPSA) is 132 Å². The third-order valence-corrected chi connectivity index (χ3v) is 6.76. The number of nitro groups is 1. The van der Waals surface area contributed by atoms with Crippen molar-refractivity contribution in [2.75, 3.05) is 10.6 Å². The molecule has 5 rings (SSSR count). The van der Waals surface area contributed by atoms with Crippen LogP contribution in [0.25, 0.3) is 23.5 Å². The van der Waals surface area contributed by atoms with Crippen LogP contribution in [0.4, 0.5) is 17.1 Å². The molecule has 0 aliphatic carbocycles. The first-order chi connectivity index (χ1) is 21.7. The Hall–Kier alpha value is -6.06. The number of amides is 2. The molecule has 0 fully saturated rings. The lowest BCUT2D eigenvalue weighted by Crippen LogP contribution is -2.14. The fourth-order valence-corrected chi connectivity index (χ4v) is 4.40. The van der Waals surface area contributed by atoms with Gasteiger partial charge in [0.2, 0.25) is 11.8 Å². The molecule has 5 aromatic rings. The van der Waals surface area contributed by atoms with E-state index in [1.807, 2.05) is 0 Å². The van der Waals surface area contributed by atoms with Gasteiger partial charge in [0, 0.05) is 51.7 Å². The molecule has 0 atom stereocenters. The molecule has 0 bridgehead atoms. The quantitative estimate of drug-likeness (QED) is 0.0705. The van der Waals surface area contributed by atoms with E-state index in [-0.39, 0.29) is 22.7 Å². The lowest BCUT2D eigenvalue weighted by atomic mass is 10.0. The monoisotopic (exact) mass is 617 g/mol. The van der Waals surface area contributed by atoms with Crippen LogP contribution in [0.3, 0.4) is 0 Å². The molecule has 0 unspecified atom stereocenters. The summed E-state index contributed by atoms with van der Waals surface area (Å²) in [6, 6.07) is 29.4. The van der Waals surface area contributed by atoms with Crippen LogP contribution in [0.2, 0.25) is 5.02 Å². The summed E-state index contributed by atoms with van der Waals surface area (Å²) in [5.74, 6) is -0.395. The van der Waals surface area contributed by atoms with Gasteiger partial charge in [0.25, 0.3) is 5.69 Å². The maximum absolute atomic E-state index is 13.4. The third-order valence-electron chi connectivity index (χ3n) is 6.51. The first-order valence-electron chi connectivity index (χ1n) is 13.6. The summed E-state index contributed by atoms with van der Waals surface area (Å²) in [4.78, 5) is 49.3. The van der Waals surface area contributed by atoms with Gasteiger partial charge in [-0.25, -0.2) is 0 Å². The lowest BCUT2D eigenvalue weighted by Gasteiger charge is -2.12. The SMILES string of the molecule is O=C(/C=C/c1ccc(-c2ccc([N+](=O)[O-])cc2)o1)Nc1ccc(NC(=O)/C=C/c2ccc(Cl)cc2)c(C(=O)c2ccccc2)c1. The maximum atomic E-state index is 13.4. The van der Waals surface area contributed by atoms with Crippen molar-refractivity contribution in [3.8, 4) is 11.3 Å². The van der Waals surface area contributed by atoms with Crippen molar-refractivity contribution in [1.82, 2.24) is 0 Å². The van der Waals surface area contributed by atoms with E-state index in [1.54, 1.807) is 97.1 Å². The second-order valence-electron chi connectivity index (χ2n) is 9.66. The Kier molecular flexibility index (Phi) is 9.42. The van der Waals surface area contributed by atoms with E-state index in [1.165, 1.54) is 36.4 Å². The summed E-state index contributed by atoms with van der Waals surface area (Å²) in [7, 11) is 0. The average Bonchev–Trinajstić information content (AvgIpc) is 3.53. The highest BCUT2D eigenvalue weighted by molar-refractivity contribution is 6.30. The van der Waals surface area contributed by atoms with Crippen LogP contribution in [0.15, 0.2) is 126 Å². The van der Waals surface area contributed by atoms with Crippen molar-refractivity contribution in [3.63, 3.8) is 0 Å². The highest BCUT2D eigenvalue weighted by Crippen LogP contribution is 2.26. The van der Waals surface area contributed by atoms with Crippen LogP contribution in [0.5, 0.6) is 0 Å². The summed E-state index contributed by atoms with van der Waals surface area (Å²) in [6.07, 6.45) is 5.72. The lowest BCUT2D eigenvalue weighted by molar-refractivity contribution is -0.384. The van der Waals surface area contributed by atoms with Gasteiger partial charge in [-0.2, -0.15) is 0 Å². The number of benzene rings is 4. The van der Waals surface area contributed by atoms with Crippen LogP contribution in [0.1, 0.15) is 27.2 Å². The van der Waals surface area contributed by atoms with Crippen LogP contribution in [-0.4, -0.2) is 22.5 Å². The fraction of sp³-hybridized carbons (Fsp3) is 0. The van der Waals surface area contributed by atoms with Crippen LogP contribution < -0.4 is 10.6 Å². The Morgan fingerprint density at radius 3 is 2.16 bits per heavy atom. The smallest absolute Gasteiger partial charge is 0.269 e. The predicted molar refractivity (Wildman–Crippen MR) is 174 cm³/mol. The van der Waals surface area contributed by atoms with Crippen molar-refractivity contribution >= 4 is 58.4 Å². The van der Waals surface area contributed by atoms with Gasteiger partial charge >= 0.3 is 0 Å². The Bertz CT molecular complexity index is 1930. The van der Waals surface area contributed by atoms with Gasteiger partial charge < -0.3 is 15.1 Å². The third kappa shape index (κ3) is 8.07. The van der Waals surface area contributed by atoms with E-state index in [0.717, 1.165) is 5.56 Å². The van der Waals surface area contributed by atoms with E-state index in [4.69, 9.17) is 16.0 Å². The molecule has 1 aromatic heterocycles. The van der Waals surface area contributed by atoms with Crippen LogP contribution in [0, 0.1) is 10.1 Å². The molecule has 222 valence electrons. The number of furan rings is 1. The van der Waals surface area contributed by atoms with E-state index in [2.05, 4.69) is 10.6 Å². The molecule has 0 saturated carbocycles. The Labute approximate surface area is 262 Å². The van der Waals surface area contributed by atoms with E-state index >= 15 is 0 Å². The van der Waals surface area contributed by atoms with Crippen molar-refractivity contribution in [1.29, 1.82) is 0 Å². The maximum Gasteiger partial charge on any atom is 0.269 e. The van der Waals surface area contributed by atoms with Gasteiger partial charge in [-0.3, -0.25) is 24.5 Å². The highest BCUT2D eigenvalue weighted by Gasteiger charge is 2.16. The summed E-state index contributed by atoms with van der Waals surface area (Å²) < 4.78 is 5.74. The number of anilines is 2. The first kappa shape index (κ1) is 30.4. The highest BCUT2D eigenvalue weighted by atomic mass is 35.5. The Balaban J connectivity index is 1.30. The minimum Gasteiger partial charge on any atom is -0.457 e. The molecule has 0 spiro atoms. The van der Waals surface area contributed by atoms with Gasteiger partial charge in [-0.05, 0) is 72.3 Å². The van der Waals surface area contributed by atoms with Gasteiger partial charge in [-0.1, -0.05) is 54.1 Å². The fourth-order valence-electron chi connectivity index (χ4n) is 4.27. The summed E-state index contributed by atoms with van der Waals surface area (Å²) in [5, 5.41) is 16.9. The van der Waals surface area contributed by atoms with Gasteiger partial charge in [0.15, 0.2) is 5.78 Å². The number of halogens is 1. The minimum atomic E-state index is -0.482. The van der Waals surface area contributed by atoms with Gasteiger partial charge in [0.05, 0.1) is 10.6 Å². The number of hydrogen-bond donors (Lipinski definition) is 2. The largest absolute Gasteiger partial charge is 0.457 e. The number of ketones is 1. The first-order valence-corrected chi connectivity index (χ1v) is 13.9. The van der Waals surface area contributed by atoms with Gasteiger partial charge in [0.1, 0.15) is 11.5 Å². The summed E-state index contributed by atoms with van der Waals surface area (Å²) >= 11 is 5.92. The molecule has 4 aromatic carbocycles. The van der Waals surface area contributed by atoms with E-state index < -0.39 is 16.7 Å². The molecule has 0 radical (unpaired) electrons. The molecule has 1 heterocycles. The van der Waals surface area contributed by atoms with E-state index in [9.17, 15) is 24.5 Å². The minimum absolute atomic E-state index is 0.0304. The Morgan fingerprint density at radius 1 is 0.756 bits per heavy atom. The summed E-state index contributed by atoms with van der Waals surface area (Å²) in [5.41, 5.74) is 2.61. The number of carbonyl (C=O) groups excluding carboxylic acids is 3. The number of nitrogens with one attached hydrogen (secondary N) is 2. The number of non-ortho nitro benzene ring substituents is 1. The molecular weight excluding hydrogens is 594 g/mol. The number of rotatable bonds is 10. The van der Waals surface area contributed by atoms with Crippen molar-refractivity contribution in [3.05, 3.63) is 159 Å². The number of carbonyl (C=O) groups is 3. The van der Waals surface area contributed by atoms with Crippen LogP contribution >= 0.6 is 11.6 Å².